The summed E-state index contributed by atoms with van der Waals surface area (Å²) in [6.07, 6.45) is 4.11. The molecular formula is C26H36N2O4S. The van der Waals surface area contributed by atoms with Crippen LogP contribution < -0.4 is 0 Å². The Bertz CT molecular complexity index is 1100. The third kappa shape index (κ3) is 4.43. The number of rotatable bonds is 10. The Labute approximate surface area is 198 Å². The summed E-state index contributed by atoms with van der Waals surface area (Å²) in [5.41, 5.74) is 2.25. The molecule has 0 radical (unpaired) electrons. The van der Waals surface area contributed by atoms with E-state index in [0.717, 1.165) is 12.1 Å². The Morgan fingerprint density at radius 3 is 2.52 bits per heavy atom. The molecule has 0 aliphatic heterocycles. The Kier molecular flexibility index (Phi) is 6.60. The van der Waals surface area contributed by atoms with Gasteiger partial charge in [0.1, 0.15) is 5.78 Å². The van der Waals surface area contributed by atoms with Crippen molar-refractivity contribution in [3.8, 4) is 0 Å². The van der Waals surface area contributed by atoms with Gasteiger partial charge in [-0.25, -0.2) is 8.42 Å². The number of benzene rings is 1. The second kappa shape index (κ2) is 9.01. The summed E-state index contributed by atoms with van der Waals surface area (Å²) in [7, 11) is -2.10. The molecule has 2 aliphatic carbocycles. The number of hydrogen-bond donors (Lipinski definition) is 0. The highest BCUT2D eigenvalue weighted by Gasteiger charge is 2.65. The number of aromatic nitrogens is 1. The van der Waals surface area contributed by atoms with Gasteiger partial charge in [0.25, 0.3) is 0 Å². The molecule has 33 heavy (non-hydrogen) atoms. The zero-order valence-corrected chi connectivity index (χ0v) is 21.0. The van der Waals surface area contributed by atoms with Crippen LogP contribution in [-0.2, 0) is 32.6 Å². The van der Waals surface area contributed by atoms with Crippen molar-refractivity contribution in [3.05, 3.63) is 59.4 Å². The lowest BCUT2D eigenvalue weighted by Crippen LogP contribution is -2.47. The Hall–Kier alpha value is -1.96. The highest BCUT2D eigenvalue weighted by Crippen LogP contribution is 2.64. The average Bonchev–Trinajstić information content (AvgIpc) is 3.34. The standard InChI is InChI=1S/C26H36N2O4S/c1-20-7-9-21(10-8-20)17-27-13-5-6-23(27)18-28(14-15-32-4)33(30,31)19-26-12-11-22(16-24(26)29)25(26,2)3/h5-10,13,22H,11-12,14-19H2,1-4H3. The van der Waals surface area contributed by atoms with Crippen LogP contribution >= 0.6 is 0 Å². The SMILES string of the molecule is COCCN(Cc1cccn1Cc1ccc(C)cc1)S(=O)(=O)CC12CCC(CC1=O)C2(C)C. The number of nitrogens with zero attached hydrogens (tertiary/aromatic N) is 2. The molecule has 2 aliphatic rings. The fraction of sp³-hybridized carbons (Fsp3) is 0.577. The summed E-state index contributed by atoms with van der Waals surface area (Å²) in [5.74, 6) is 0.311. The largest absolute Gasteiger partial charge is 0.383 e. The number of sulfonamides is 1. The number of fused-ring (bicyclic) bond motifs is 2. The van der Waals surface area contributed by atoms with Gasteiger partial charge in [0, 0.05) is 43.9 Å². The smallest absolute Gasteiger partial charge is 0.215 e. The number of Topliss-reactive ketones (excluding diaryl/α,β-unsaturated/α-hetero) is 1. The monoisotopic (exact) mass is 472 g/mol. The molecule has 0 amide bonds. The maximum atomic E-state index is 13.8. The third-order valence-corrected chi connectivity index (χ3v) is 10.2. The van der Waals surface area contributed by atoms with E-state index in [1.807, 2.05) is 18.3 Å². The number of ether oxygens (including phenoxy) is 1. The van der Waals surface area contributed by atoms with Crippen molar-refractivity contribution >= 4 is 15.8 Å². The first-order chi connectivity index (χ1) is 15.6. The molecular weight excluding hydrogens is 436 g/mol. The minimum atomic E-state index is -3.68. The quantitative estimate of drug-likeness (QED) is 0.524. The lowest BCUT2D eigenvalue weighted by atomic mass is 9.70. The lowest BCUT2D eigenvalue weighted by Gasteiger charge is -2.37. The first-order valence-corrected chi connectivity index (χ1v) is 13.4. The second-order valence-corrected chi connectivity index (χ2v) is 12.3. The number of ketones is 1. The maximum Gasteiger partial charge on any atom is 0.215 e. The summed E-state index contributed by atoms with van der Waals surface area (Å²) in [6.45, 7) is 7.74. The summed E-state index contributed by atoms with van der Waals surface area (Å²) >= 11 is 0. The summed E-state index contributed by atoms with van der Waals surface area (Å²) in [6, 6.07) is 12.3. The molecule has 6 nitrogen and oxygen atoms in total. The minimum Gasteiger partial charge on any atom is -0.383 e. The van der Waals surface area contributed by atoms with Crippen molar-refractivity contribution in [2.24, 2.45) is 16.7 Å². The van der Waals surface area contributed by atoms with Crippen LogP contribution in [0.15, 0.2) is 42.6 Å². The summed E-state index contributed by atoms with van der Waals surface area (Å²) in [4.78, 5) is 13.0. The average molecular weight is 473 g/mol. The van der Waals surface area contributed by atoms with Crippen molar-refractivity contribution in [1.29, 1.82) is 0 Å². The fourth-order valence-corrected chi connectivity index (χ4v) is 8.00. The molecule has 180 valence electrons. The van der Waals surface area contributed by atoms with Crippen LogP contribution in [0.4, 0.5) is 0 Å². The van der Waals surface area contributed by atoms with Crippen LogP contribution in [0.25, 0.3) is 0 Å². The van der Waals surface area contributed by atoms with Gasteiger partial charge in [-0.15, -0.1) is 0 Å². The van der Waals surface area contributed by atoms with Gasteiger partial charge in [0.05, 0.1) is 18.9 Å². The van der Waals surface area contributed by atoms with E-state index in [4.69, 9.17) is 4.74 Å². The second-order valence-electron chi connectivity index (χ2n) is 10.4. The number of carbonyl (C=O) groups excluding carboxylic acids is 1. The zero-order chi connectivity index (χ0) is 23.9. The molecule has 0 spiro atoms. The van der Waals surface area contributed by atoms with E-state index < -0.39 is 15.4 Å². The highest BCUT2D eigenvalue weighted by atomic mass is 32.2. The molecule has 1 aromatic heterocycles. The molecule has 0 saturated heterocycles. The number of carbonyl (C=O) groups is 1. The van der Waals surface area contributed by atoms with Crippen LogP contribution in [0, 0.1) is 23.7 Å². The van der Waals surface area contributed by atoms with Crippen LogP contribution in [0.5, 0.6) is 0 Å². The van der Waals surface area contributed by atoms with Crippen molar-refractivity contribution in [2.75, 3.05) is 26.0 Å². The van der Waals surface area contributed by atoms with Crippen LogP contribution in [-0.4, -0.2) is 49.1 Å². The van der Waals surface area contributed by atoms with Crippen molar-refractivity contribution in [2.45, 2.75) is 53.1 Å². The fourth-order valence-electron chi connectivity index (χ4n) is 5.84. The molecule has 7 heteroatoms. The van der Waals surface area contributed by atoms with Gasteiger partial charge in [0.15, 0.2) is 0 Å². The van der Waals surface area contributed by atoms with Crippen molar-refractivity contribution in [1.82, 2.24) is 8.87 Å². The normalized spacial score (nSPS) is 24.2. The number of methoxy groups -OCH3 is 1. The topological polar surface area (TPSA) is 68.6 Å². The van der Waals surface area contributed by atoms with E-state index >= 15 is 0 Å². The number of aryl methyl sites for hydroxylation is 1. The third-order valence-electron chi connectivity index (χ3n) is 8.24. The first kappa shape index (κ1) is 24.2. The van der Waals surface area contributed by atoms with Crippen LogP contribution in [0.3, 0.4) is 0 Å². The molecule has 1 aromatic carbocycles. The number of hydrogen-bond acceptors (Lipinski definition) is 4. The van der Waals surface area contributed by atoms with Gasteiger partial charge < -0.3 is 9.30 Å². The Balaban J connectivity index is 1.57. The molecule has 2 unspecified atom stereocenters. The maximum absolute atomic E-state index is 13.8. The van der Waals surface area contributed by atoms with Gasteiger partial charge in [-0.2, -0.15) is 4.31 Å². The van der Waals surface area contributed by atoms with E-state index in [-0.39, 0.29) is 30.0 Å². The molecule has 4 rings (SSSR count). The first-order valence-electron chi connectivity index (χ1n) is 11.8. The van der Waals surface area contributed by atoms with E-state index in [9.17, 15) is 13.2 Å². The molecule has 1 heterocycles. The predicted molar refractivity (Wildman–Crippen MR) is 129 cm³/mol. The van der Waals surface area contributed by atoms with Gasteiger partial charge in [-0.05, 0) is 48.8 Å². The molecule has 2 saturated carbocycles. The van der Waals surface area contributed by atoms with Gasteiger partial charge in [-0.3, -0.25) is 4.79 Å². The molecule has 2 bridgehead atoms. The van der Waals surface area contributed by atoms with E-state index in [1.54, 1.807) is 7.11 Å². The van der Waals surface area contributed by atoms with E-state index in [1.165, 1.54) is 15.4 Å². The Morgan fingerprint density at radius 2 is 1.91 bits per heavy atom. The van der Waals surface area contributed by atoms with Gasteiger partial charge in [0.2, 0.25) is 10.0 Å². The van der Waals surface area contributed by atoms with E-state index in [0.29, 0.717) is 31.9 Å². The van der Waals surface area contributed by atoms with E-state index in [2.05, 4.69) is 49.6 Å². The van der Waals surface area contributed by atoms with Crippen molar-refractivity contribution < 1.29 is 17.9 Å². The summed E-state index contributed by atoms with van der Waals surface area (Å²) < 4.78 is 36.3. The molecule has 2 atom stereocenters. The molecule has 0 N–H and O–H groups in total. The molecule has 2 fully saturated rings. The lowest BCUT2D eigenvalue weighted by molar-refractivity contribution is -0.128. The van der Waals surface area contributed by atoms with Crippen molar-refractivity contribution in [3.63, 3.8) is 0 Å². The van der Waals surface area contributed by atoms with Gasteiger partial charge >= 0.3 is 0 Å². The van der Waals surface area contributed by atoms with Gasteiger partial charge in [-0.1, -0.05) is 43.7 Å². The highest BCUT2D eigenvalue weighted by molar-refractivity contribution is 7.89. The zero-order valence-electron chi connectivity index (χ0n) is 20.2. The predicted octanol–water partition coefficient (Wildman–Crippen LogP) is 4.02. The van der Waals surface area contributed by atoms with Crippen LogP contribution in [0.1, 0.15) is 49.9 Å². The Morgan fingerprint density at radius 1 is 1.18 bits per heavy atom. The minimum absolute atomic E-state index is 0.106. The molecule has 2 aromatic rings. The van der Waals surface area contributed by atoms with Crippen LogP contribution in [0.2, 0.25) is 0 Å². The summed E-state index contributed by atoms with van der Waals surface area (Å²) in [5, 5.41) is 0.